The fourth-order valence-corrected chi connectivity index (χ4v) is 2.94. The maximum absolute atomic E-state index is 12.4. The SMILES string of the molecule is COc1ccc(S[C@H](C)C(=O)Nc2cccc(OC(C)C)c2)cc1. The van der Waals surface area contributed by atoms with Crippen LogP contribution in [0.3, 0.4) is 0 Å². The molecule has 0 fully saturated rings. The van der Waals surface area contributed by atoms with Crippen LogP contribution >= 0.6 is 11.8 Å². The molecule has 2 aromatic carbocycles. The van der Waals surface area contributed by atoms with Crippen molar-refractivity contribution in [1.82, 2.24) is 0 Å². The van der Waals surface area contributed by atoms with E-state index in [1.807, 2.05) is 69.3 Å². The standard InChI is InChI=1S/C19H23NO3S/c1-13(2)23-17-7-5-6-15(12-17)20-19(21)14(3)24-18-10-8-16(22-4)9-11-18/h5-14H,1-4H3,(H,20,21)/t14-/m1/s1. The van der Waals surface area contributed by atoms with Gasteiger partial charge in [0.05, 0.1) is 18.5 Å². The van der Waals surface area contributed by atoms with Gasteiger partial charge >= 0.3 is 0 Å². The molecule has 24 heavy (non-hydrogen) atoms. The maximum atomic E-state index is 12.4. The molecular weight excluding hydrogens is 322 g/mol. The topological polar surface area (TPSA) is 47.6 Å². The minimum absolute atomic E-state index is 0.0440. The Bertz CT molecular complexity index is 671. The molecule has 0 aliphatic carbocycles. The lowest BCUT2D eigenvalue weighted by Crippen LogP contribution is -2.22. The molecule has 2 rings (SSSR count). The van der Waals surface area contributed by atoms with Crippen molar-refractivity contribution in [3.05, 3.63) is 48.5 Å². The summed E-state index contributed by atoms with van der Waals surface area (Å²) in [6, 6.07) is 15.1. The van der Waals surface area contributed by atoms with E-state index in [2.05, 4.69) is 5.32 Å². The van der Waals surface area contributed by atoms with Gasteiger partial charge in [-0.15, -0.1) is 11.8 Å². The molecule has 1 N–H and O–H groups in total. The molecule has 0 spiro atoms. The third-order valence-corrected chi connectivity index (χ3v) is 4.33. The molecule has 0 aliphatic heterocycles. The molecule has 0 aliphatic rings. The van der Waals surface area contributed by atoms with E-state index in [0.717, 1.165) is 22.1 Å². The Morgan fingerprint density at radius 2 is 1.75 bits per heavy atom. The molecule has 128 valence electrons. The van der Waals surface area contributed by atoms with Crippen LogP contribution in [-0.2, 0) is 4.79 Å². The second-order valence-corrected chi connectivity index (χ2v) is 7.03. The first-order valence-electron chi connectivity index (χ1n) is 7.86. The number of hydrogen-bond donors (Lipinski definition) is 1. The van der Waals surface area contributed by atoms with Crippen LogP contribution in [0.15, 0.2) is 53.4 Å². The van der Waals surface area contributed by atoms with Crippen molar-refractivity contribution < 1.29 is 14.3 Å². The van der Waals surface area contributed by atoms with Gasteiger partial charge in [0, 0.05) is 16.6 Å². The van der Waals surface area contributed by atoms with E-state index in [1.165, 1.54) is 11.8 Å². The van der Waals surface area contributed by atoms with Gasteiger partial charge in [0.1, 0.15) is 11.5 Å². The van der Waals surface area contributed by atoms with Crippen molar-refractivity contribution in [3.8, 4) is 11.5 Å². The smallest absolute Gasteiger partial charge is 0.237 e. The van der Waals surface area contributed by atoms with E-state index < -0.39 is 0 Å². The van der Waals surface area contributed by atoms with Gasteiger partial charge in [-0.1, -0.05) is 6.07 Å². The lowest BCUT2D eigenvalue weighted by Gasteiger charge is -2.14. The minimum Gasteiger partial charge on any atom is -0.497 e. The molecule has 0 saturated heterocycles. The molecule has 1 atom stereocenters. The predicted molar refractivity (Wildman–Crippen MR) is 99.1 cm³/mol. The summed E-state index contributed by atoms with van der Waals surface area (Å²) in [5, 5.41) is 2.72. The lowest BCUT2D eigenvalue weighted by molar-refractivity contribution is -0.115. The summed E-state index contributed by atoms with van der Waals surface area (Å²) in [5.74, 6) is 1.51. The van der Waals surface area contributed by atoms with Crippen molar-refractivity contribution in [2.24, 2.45) is 0 Å². The van der Waals surface area contributed by atoms with Crippen LogP contribution in [0.4, 0.5) is 5.69 Å². The normalized spacial score (nSPS) is 11.9. The number of carbonyl (C=O) groups is 1. The fraction of sp³-hybridized carbons (Fsp3) is 0.316. The Labute approximate surface area is 147 Å². The predicted octanol–water partition coefficient (Wildman–Crippen LogP) is 4.60. The number of amides is 1. The monoisotopic (exact) mass is 345 g/mol. The van der Waals surface area contributed by atoms with Crippen LogP contribution in [0.2, 0.25) is 0 Å². The number of anilines is 1. The summed E-state index contributed by atoms with van der Waals surface area (Å²) in [4.78, 5) is 13.4. The molecule has 0 aromatic heterocycles. The van der Waals surface area contributed by atoms with Gasteiger partial charge in [-0.3, -0.25) is 4.79 Å². The summed E-state index contributed by atoms with van der Waals surface area (Å²) in [6.45, 7) is 5.83. The van der Waals surface area contributed by atoms with E-state index in [1.54, 1.807) is 7.11 Å². The quantitative estimate of drug-likeness (QED) is 0.745. The average molecular weight is 345 g/mol. The number of rotatable bonds is 7. The van der Waals surface area contributed by atoms with Crippen molar-refractivity contribution in [2.45, 2.75) is 37.0 Å². The Kier molecular flexibility index (Phi) is 6.55. The molecule has 2 aromatic rings. The largest absolute Gasteiger partial charge is 0.497 e. The van der Waals surface area contributed by atoms with E-state index in [9.17, 15) is 4.79 Å². The minimum atomic E-state index is -0.215. The number of carbonyl (C=O) groups excluding carboxylic acids is 1. The second kappa shape index (κ2) is 8.64. The Morgan fingerprint density at radius 3 is 2.38 bits per heavy atom. The highest BCUT2D eigenvalue weighted by Crippen LogP contribution is 2.26. The Hall–Kier alpha value is -2.14. The van der Waals surface area contributed by atoms with Gasteiger partial charge in [0.2, 0.25) is 5.91 Å². The first-order valence-corrected chi connectivity index (χ1v) is 8.74. The van der Waals surface area contributed by atoms with Crippen molar-refractivity contribution in [3.63, 3.8) is 0 Å². The van der Waals surface area contributed by atoms with Crippen LogP contribution in [0, 0.1) is 0 Å². The Morgan fingerprint density at radius 1 is 1.04 bits per heavy atom. The van der Waals surface area contributed by atoms with Gasteiger partial charge in [-0.05, 0) is 57.2 Å². The highest BCUT2D eigenvalue weighted by molar-refractivity contribution is 8.00. The Balaban J connectivity index is 1.95. The van der Waals surface area contributed by atoms with Crippen LogP contribution in [0.25, 0.3) is 0 Å². The van der Waals surface area contributed by atoms with E-state index in [0.29, 0.717) is 0 Å². The third kappa shape index (κ3) is 5.49. The molecule has 0 radical (unpaired) electrons. The molecule has 1 amide bonds. The van der Waals surface area contributed by atoms with Gasteiger partial charge in [0.25, 0.3) is 0 Å². The van der Waals surface area contributed by atoms with E-state index in [4.69, 9.17) is 9.47 Å². The lowest BCUT2D eigenvalue weighted by atomic mass is 10.3. The van der Waals surface area contributed by atoms with E-state index >= 15 is 0 Å². The number of methoxy groups -OCH3 is 1. The highest BCUT2D eigenvalue weighted by atomic mass is 32.2. The maximum Gasteiger partial charge on any atom is 0.237 e. The number of nitrogens with one attached hydrogen (secondary N) is 1. The average Bonchev–Trinajstić information content (AvgIpc) is 2.55. The number of benzene rings is 2. The second-order valence-electron chi connectivity index (χ2n) is 5.62. The van der Waals surface area contributed by atoms with Gasteiger partial charge in [0.15, 0.2) is 0 Å². The van der Waals surface area contributed by atoms with Crippen molar-refractivity contribution >= 4 is 23.4 Å². The fourth-order valence-electron chi connectivity index (χ4n) is 2.08. The zero-order valence-corrected chi connectivity index (χ0v) is 15.2. The highest BCUT2D eigenvalue weighted by Gasteiger charge is 2.15. The van der Waals surface area contributed by atoms with Crippen molar-refractivity contribution in [2.75, 3.05) is 12.4 Å². The first-order chi connectivity index (χ1) is 11.5. The summed E-state index contributed by atoms with van der Waals surface area (Å²) >= 11 is 1.51. The van der Waals surface area contributed by atoms with E-state index in [-0.39, 0.29) is 17.3 Å². The van der Waals surface area contributed by atoms with Crippen LogP contribution in [-0.4, -0.2) is 24.4 Å². The van der Waals surface area contributed by atoms with Crippen LogP contribution in [0.5, 0.6) is 11.5 Å². The summed E-state index contributed by atoms with van der Waals surface area (Å²) < 4.78 is 10.8. The molecule has 0 heterocycles. The summed E-state index contributed by atoms with van der Waals surface area (Å²) in [7, 11) is 1.63. The summed E-state index contributed by atoms with van der Waals surface area (Å²) in [5.41, 5.74) is 0.736. The number of hydrogen-bond acceptors (Lipinski definition) is 4. The molecule has 5 heteroatoms. The first kappa shape index (κ1) is 18.2. The number of thioether (sulfide) groups is 1. The van der Waals surface area contributed by atoms with Gasteiger partial charge < -0.3 is 14.8 Å². The van der Waals surface area contributed by atoms with Crippen LogP contribution in [0.1, 0.15) is 20.8 Å². The zero-order valence-electron chi connectivity index (χ0n) is 14.4. The van der Waals surface area contributed by atoms with Gasteiger partial charge in [-0.25, -0.2) is 0 Å². The zero-order chi connectivity index (χ0) is 17.5. The van der Waals surface area contributed by atoms with Crippen LogP contribution < -0.4 is 14.8 Å². The molecule has 4 nitrogen and oxygen atoms in total. The number of ether oxygens (including phenoxy) is 2. The molecular formula is C19H23NO3S. The molecule has 0 bridgehead atoms. The third-order valence-electron chi connectivity index (χ3n) is 3.21. The van der Waals surface area contributed by atoms with Crippen molar-refractivity contribution in [1.29, 1.82) is 0 Å². The molecule has 0 unspecified atom stereocenters. The van der Waals surface area contributed by atoms with Gasteiger partial charge in [-0.2, -0.15) is 0 Å². The summed E-state index contributed by atoms with van der Waals surface area (Å²) in [6.07, 6.45) is 0.0977. The molecule has 0 saturated carbocycles.